The highest BCUT2D eigenvalue weighted by atomic mass is 19.1. The molecule has 1 aromatic carbocycles. The number of aliphatic hydroxyl groups excluding tert-OH is 1. The minimum Gasteiger partial charge on any atom is -0.396 e. The third-order valence-corrected chi connectivity index (χ3v) is 4.67. The first kappa shape index (κ1) is 15.5. The molecule has 0 amide bonds. The fraction of sp³-hybridized carbons (Fsp3) is 0.647. The Hall–Kier alpha value is -0.930. The Morgan fingerprint density at radius 1 is 1.30 bits per heavy atom. The van der Waals surface area contributed by atoms with Gasteiger partial charge in [0.25, 0.3) is 0 Å². The van der Waals surface area contributed by atoms with E-state index in [0.717, 1.165) is 30.9 Å². The third-order valence-electron chi connectivity index (χ3n) is 4.67. The molecule has 112 valence electrons. The fourth-order valence-corrected chi connectivity index (χ4v) is 3.29. The summed E-state index contributed by atoms with van der Waals surface area (Å²) in [5.41, 5.74) is 0.735. The van der Waals surface area contributed by atoms with Gasteiger partial charge in [-0.2, -0.15) is 0 Å². The van der Waals surface area contributed by atoms with Gasteiger partial charge in [-0.1, -0.05) is 38.0 Å². The standard InChI is InChI=1S/C17H26FNO/c1-14-7-9-17(13-20,10-8-14)12-19(2)11-15-5-3-4-6-16(15)18/h3-6,14,20H,7-13H2,1-2H3. The summed E-state index contributed by atoms with van der Waals surface area (Å²) in [6, 6.07) is 6.93. The normalized spacial score (nSPS) is 26.9. The van der Waals surface area contributed by atoms with Crippen molar-refractivity contribution in [1.82, 2.24) is 4.90 Å². The zero-order valence-electron chi connectivity index (χ0n) is 12.6. The van der Waals surface area contributed by atoms with Crippen LogP contribution in [-0.2, 0) is 6.54 Å². The van der Waals surface area contributed by atoms with Crippen molar-refractivity contribution in [3.05, 3.63) is 35.6 Å². The molecule has 1 fully saturated rings. The summed E-state index contributed by atoms with van der Waals surface area (Å²) in [4.78, 5) is 2.14. The molecule has 0 aromatic heterocycles. The number of halogens is 1. The first-order chi connectivity index (χ1) is 9.54. The number of hydrogen-bond acceptors (Lipinski definition) is 2. The van der Waals surface area contributed by atoms with Gasteiger partial charge in [0.05, 0.1) is 0 Å². The van der Waals surface area contributed by atoms with E-state index in [-0.39, 0.29) is 17.8 Å². The predicted molar refractivity (Wildman–Crippen MR) is 79.9 cm³/mol. The van der Waals surface area contributed by atoms with Crippen LogP contribution in [0.2, 0.25) is 0 Å². The van der Waals surface area contributed by atoms with Crippen molar-refractivity contribution in [3.63, 3.8) is 0 Å². The van der Waals surface area contributed by atoms with Gasteiger partial charge in [0.1, 0.15) is 5.82 Å². The Morgan fingerprint density at radius 2 is 1.95 bits per heavy atom. The lowest BCUT2D eigenvalue weighted by Crippen LogP contribution is -2.41. The van der Waals surface area contributed by atoms with Gasteiger partial charge in [-0.15, -0.1) is 0 Å². The van der Waals surface area contributed by atoms with Crippen molar-refractivity contribution < 1.29 is 9.50 Å². The molecule has 2 nitrogen and oxygen atoms in total. The van der Waals surface area contributed by atoms with Gasteiger partial charge in [0, 0.05) is 30.7 Å². The zero-order valence-corrected chi connectivity index (χ0v) is 12.6. The fourth-order valence-electron chi connectivity index (χ4n) is 3.29. The second-order valence-corrected chi connectivity index (χ2v) is 6.60. The molecule has 1 aromatic rings. The molecular weight excluding hydrogens is 253 g/mol. The van der Waals surface area contributed by atoms with Crippen LogP contribution >= 0.6 is 0 Å². The highest BCUT2D eigenvalue weighted by Crippen LogP contribution is 2.39. The maximum Gasteiger partial charge on any atom is 0.127 e. The lowest BCUT2D eigenvalue weighted by atomic mass is 9.71. The van der Waals surface area contributed by atoms with Gasteiger partial charge in [0.15, 0.2) is 0 Å². The average Bonchev–Trinajstić information content (AvgIpc) is 2.44. The topological polar surface area (TPSA) is 23.5 Å². The summed E-state index contributed by atoms with van der Waals surface area (Å²) in [5, 5.41) is 9.80. The van der Waals surface area contributed by atoms with Gasteiger partial charge < -0.3 is 10.0 Å². The highest BCUT2D eigenvalue weighted by Gasteiger charge is 2.34. The second-order valence-electron chi connectivity index (χ2n) is 6.60. The van der Waals surface area contributed by atoms with E-state index in [9.17, 15) is 9.50 Å². The Bertz CT molecular complexity index is 427. The molecule has 3 heteroatoms. The Labute approximate surface area is 121 Å². The number of nitrogens with zero attached hydrogens (tertiary/aromatic N) is 1. The largest absolute Gasteiger partial charge is 0.396 e. The van der Waals surface area contributed by atoms with Crippen molar-refractivity contribution >= 4 is 0 Å². The molecule has 0 bridgehead atoms. The quantitative estimate of drug-likeness (QED) is 0.892. The molecule has 1 saturated carbocycles. The SMILES string of the molecule is CC1CCC(CO)(CN(C)Cc2ccccc2F)CC1. The van der Waals surface area contributed by atoms with Crippen molar-refractivity contribution in [2.75, 3.05) is 20.2 Å². The summed E-state index contributed by atoms with van der Waals surface area (Å²) < 4.78 is 13.7. The van der Waals surface area contributed by atoms with Crippen LogP contribution in [-0.4, -0.2) is 30.2 Å². The maximum absolute atomic E-state index is 13.7. The van der Waals surface area contributed by atoms with Crippen molar-refractivity contribution in [2.45, 2.75) is 39.2 Å². The second kappa shape index (κ2) is 6.68. The smallest absolute Gasteiger partial charge is 0.127 e. The first-order valence-corrected chi connectivity index (χ1v) is 7.57. The minimum atomic E-state index is -0.144. The molecule has 1 aliphatic carbocycles. The van der Waals surface area contributed by atoms with E-state index in [2.05, 4.69) is 11.8 Å². The molecule has 1 N–H and O–H groups in total. The third kappa shape index (κ3) is 3.80. The van der Waals surface area contributed by atoms with E-state index in [1.54, 1.807) is 6.07 Å². The molecule has 0 radical (unpaired) electrons. The van der Waals surface area contributed by atoms with E-state index >= 15 is 0 Å². The Morgan fingerprint density at radius 3 is 2.55 bits per heavy atom. The number of aliphatic hydroxyl groups is 1. The molecule has 20 heavy (non-hydrogen) atoms. The molecule has 1 aliphatic rings. The van der Waals surface area contributed by atoms with Crippen molar-refractivity contribution in [2.24, 2.45) is 11.3 Å². The van der Waals surface area contributed by atoms with Gasteiger partial charge in [-0.25, -0.2) is 4.39 Å². The van der Waals surface area contributed by atoms with Crippen molar-refractivity contribution in [1.29, 1.82) is 0 Å². The Balaban J connectivity index is 1.96. The highest BCUT2D eigenvalue weighted by molar-refractivity contribution is 5.17. The molecule has 0 unspecified atom stereocenters. The molecule has 0 spiro atoms. The molecular formula is C17H26FNO. The van der Waals surface area contributed by atoms with Crippen LogP contribution < -0.4 is 0 Å². The summed E-state index contributed by atoms with van der Waals surface area (Å²) in [5.74, 6) is 0.626. The molecule has 2 rings (SSSR count). The Kier molecular flexibility index (Phi) is 5.17. The van der Waals surface area contributed by atoms with E-state index in [0.29, 0.717) is 6.54 Å². The predicted octanol–water partition coefficient (Wildman–Crippen LogP) is 3.45. The van der Waals surface area contributed by atoms with E-state index in [1.807, 2.05) is 19.2 Å². The van der Waals surface area contributed by atoms with Crippen LogP contribution in [0.4, 0.5) is 4.39 Å². The molecule has 0 atom stereocenters. The molecule has 0 saturated heterocycles. The lowest BCUT2D eigenvalue weighted by molar-refractivity contribution is 0.0344. The minimum absolute atomic E-state index is 0.00646. The maximum atomic E-state index is 13.7. The van der Waals surface area contributed by atoms with E-state index in [4.69, 9.17) is 0 Å². The average molecular weight is 279 g/mol. The number of benzene rings is 1. The van der Waals surface area contributed by atoms with Crippen LogP contribution in [0.3, 0.4) is 0 Å². The monoisotopic (exact) mass is 279 g/mol. The first-order valence-electron chi connectivity index (χ1n) is 7.57. The van der Waals surface area contributed by atoms with Crippen LogP contribution in [0, 0.1) is 17.2 Å². The van der Waals surface area contributed by atoms with Crippen LogP contribution in [0.5, 0.6) is 0 Å². The summed E-state index contributed by atoms with van der Waals surface area (Å²) in [6.45, 7) is 3.96. The van der Waals surface area contributed by atoms with Crippen LogP contribution in [0.25, 0.3) is 0 Å². The molecule has 0 aliphatic heterocycles. The van der Waals surface area contributed by atoms with Gasteiger partial charge in [-0.3, -0.25) is 0 Å². The summed E-state index contributed by atoms with van der Waals surface area (Å²) in [7, 11) is 2.02. The van der Waals surface area contributed by atoms with Crippen LogP contribution in [0.1, 0.15) is 38.2 Å². The number of hydrogen-bond donors (Lipinski definition) is 1. The number of rotatable bonds is 5. The summed E-state index contributed by atoms with van der Waals surface area (Å²) >= 11 is 0. The molecule has 0 heterocycles. The summed E-state index contributed by atoms with van der Waals surface area (Å²) in [6.07, 6.45) is 4.53. The van der Waals surface area contributed by atoms with Gasteiger partial charge in [-0.05, 0) is 31.9 Å². The van der Waals surface area contributed by atoms with Crippen molar-refractivity contribution in [3.8, 4) is 0 Å². The zero-order chi connectivity index (χ0) is 14.6. The van der Waals surface area contributed by atoms with Gasteiger partial charge >= 0.3 is 0 Å². The lowest BCUT2D eigenvalue weighted by Gasteiger charge is -2.40. The van der Waals surface area contributed by atoms with Crippen LogP contribution in [0.15, 0.2) is 24.3 Å². The van der Waals surface area contributed by atoms with E-state index in [1.165, 1.54) is 18.9 Å². The van der Waals surface area contributed by atoms with E-state index < -0.39 is 0 Å². The van der Waals surface area contributed by atoms with Gasteiger partial charge in [0.2, 0.25) is 0 Å².